The second-order valence-electron chi connectivity index (χ2n) is 7.17. The molecule has 1 aliphatic rings. The summed E-state index contributed by atoms with van der Waals surface area (Å²) in [5.74, 6) is -0.0739. The second kappa shape index (κ2) is 6.23. The number of rotatable bonds is 2. The van der Waals surface area contributed by atoms with Gasteiger partial charge in [-0.15, -0.1) is 0 Å². The van der Waals surface area contributed by atoms with Gasteiger partial charge in [-0.2, -0.15) is 0 Å². The van der Waals surface area contributed by atoms with E-state index in [0.717, 1.165) is 41.6 Å². The van der Waals surface area contributed by atoms with Gasteiger partial charge in [-0.1, -0.05) is 0 Å². The van der Waals surface area contributed by atoms with Crippen molar-refractivity contribution in [3.63, 3.8) is 0 Å². The lowest BCUT2D eigenvalue weighted by Gasteiger charge is -2.32. The Labute approximate surface area is 155 Å². The van der Waals surface area contributed by atoms with E-state index < -0.39 is 0 Å². The summed E-state index contributed by atoms with van der Waals surface area (Å²) in [5, 5.41) is 0.716. The van der Waals surface area contributed by atoms with Gasteiger partial charge in [0.25, 0.3) is 5.91 Å². The summed E-state index contributed by atoms with van der Waals surface area (Å²) in [5.41, 5.74) is 4.38. The number of H-pyrrole nitrogens is 2. The van der Waals surface area contributed by atoms with Gasteiger partial charge in [0.2, 0.25) is 0 Å². The van der Waals surface area contributed by atoms with Crippen LogP contribution in [0.15, 0.2) is 48.7 Å². The van der Waals surface area contributed by atoms with Gasteiger partial charge in [0, 0.05) is 41.8 Å². The van der Waals surface area contributed by atoms with Crippen molar-refractivity contribution in [2.45, 2.75) is 18.8 Å². The monoisotopic (exact) mass is 362 g/mol. The fourth-order valence-electron chi connectivity index (χ4n) is 4.00. The van der Waals surface area contributed by atoms with Crippen LogP contribution in [0, 0.1) is 5.82 Å². The third kappa shape index (κ3) is 2.87. The molecule has 1 aromatic carbocycles. The molecule has 1 atom stereocenters. The first-order chi connectivity index (χ1) is 13.2. The van der Waals surface area contributed by atoms with Crippen LogP contribution in [-0.4, -0.2) is 38.8 Å². The summed E-state index contributed by atoms with van der Waals surface area (Å²) in [6, 6.07) is 12.3. The fourth-order valence-corrected chi connectivity index (χ4v) is 4.00. The highest BCUT2D eigenvalue weighted by atomic mass is 19.1. The van der Waals surface area contributed by atoms with E-state index in [2.05, 4.69) is 21.0 Å². The van der Waals surface area contributed by atoms with Gasteiger partial charge in [0.1, 0.15) is 11.5 Å². The summed E-state index contributed by atoms with van der Waals surface area (Å²) in [4.78, 5) is 25.8. The maximum atomic E-state index is 13.4. The molecule has 2 N–H and O–H groups in total. The third-order valence-electron chi connectivity index (χ3n) is 5.37. The number of piperidine rings is 1. The number of benzene rings is 1. The Morgan fingerprint density at radius 3 is 2.96 bits per heavy atom. The second-order valence-corrected chi connectivity index (χ2v) is 7.17. The van der Waals surface area contributed by atoms with Crippen molar-refractivity contribution in [2.75, 3.05) is 13.1 Å². The summed E-state index contributed by atoms with van der Waals surface area (Å²) < 4.78 is 13.4. The third-order valence-corrected chi connectivity index (χ3v) is 5.37. The van der Waals surface area contributed by atoms with E-state index in [4.69, 9.17) is 0 Å². The van der Waals surface area contributed by atoms with Crippen LogP contribution in [0.1, 0.15) is 34.9 Å². The van der Waals surface area contributed by atoms with Gasteiger partial charge < -0.3 is 14.9 Å². The zero-order valence-corrected chi connectivity index (χ0v) is 14.7. The molecule has 136 valence electrons. The number of aromatic nitrogens is 3. The van der Waals surface area contributed by atoms with E-state index in [0.29, 0.717) is 17.6 Å². The minimum Gasteiger partial charge on any atom is -0.357 e. The van der Waals surface area contributed by atoms with Crippen molar-refractivity contribution in [1.29, 1.82) is 0 Å². The van der Waals surface area contributed by atoms with Gasteiger partial charge in [0.15, 0.2) is 0 Å². The molecule has 3 aromatic heterocycles. The number of fused-ring (bicyclic) bond motifs is 2. The summed E-state index contributed by atoms with van der Waals surface area (Å²) >= 11 is 0. The van der Waals surface area contributed by atoms with E-state index in [9.17, 15) is 9.18 Å². The maximum absolute atomic E-state index is 13.4. The number of nitrogens with zero attached hydrogens (tertiary/aromatic N) is 2. The zero-order valence-electron chi connectivity index (χ0n) is 14.7. The lowest BCUT2D eigenvalue weighted by Crippen LogP contribution is -2.39. The minimum atomic E-state index is -0.300. The smallest absolute Gasteiger partial charge is 0.270 e. The Bertz CT molecular complexity index is 1110. The maximum Gasteiger partial charge on any atom is 0.270 e. The van der Waals surface area contributed by atoms with E-state index in [1.165, 1.54) is 12.1 Å². The van der Waals surface area contributed by atoms with Crippen molar-refractivity contribution in [3.05, 3.63) is 65.9 Å². The average molecular weight is 362 g/mol. The highest BCUT2D eigenvalue weighted by molar-refractivity contribution is 5.98. The number of nitrogens with one attached hydrogen (secondary N) is 2. The molecule has 4 aromatic rings. The Hall–Kier alpha value is -3.15. The number of carbonyl (C=O) groups is 1. The van der Waals surface area contributed by atoms with Crippen LogP contribution in [0.5, 0.6) is 0 Å². The molecule has 0 aliphatic carbocycles. The molecule has 0 radical (unpaired) electrons. The largest absolute Gasteiger partial charge is 0.357 e. The van der Waals surface area contributed by atoms with Crippen LogP contribution in [0.4, 0.5) is 4.39 Å². The van der Waals surface area contributed by atoms with Gasteiger partial charge in [-0.05, 0) is 55.3 Å². The highest BCUT2D eigenvalue weighted by Crippen LogP contribution is 2.29. The first kappa shape index (κ1) is 16.1. The quantitative estimate of drug-likeness (QED) is 0.561. The predicted octanol–water partition coefficient (Wildman–Crippen LogP) is 4.20. The van der Waals surface area contributed by atoms with Crippen molar-refractivity contribution >= 4 is 27.8 Å². The molecule has 0 saturated carbocycles. The van der Waals surface area contributed by atoms with E-state index >= 15 is 0 Å². The van der Waals surface area contributed by atoms with Crippen LogP contribution in [0.3, 0.4) is 0 Å². The molecule has 1 fully saturated rings. The Morgan fingerprint density at radius 2 is 2.07 bits per heavy atom. The van der Waals surface area contributed by atoms with Crippen LogP contribution in [0.2, 0.25) is 0 Å². The summed E-state index contributed by atoms with van der Waals surface area (Å²) in [7, 11) is 0. The van der Waals surface area contributed by atoms with E-state index in [1.807, 2.05) is 17.0 Å². The summed E-state index contributed by atoms with van der Waals surface area (Å²) in [6.07, 6.45) is 3.78. The van der Waals surface area contributed by atoms with Crippen LogP contribution in [0.25, 0.3) is 21.9 Å². The van der Waals surface area contributed by atoms with Crippen molar-refractivity contribution in [1.82, 2.24) is 19.9 Å². The summed E-state index contributed by atoms with van der Waals surface area (Å²) in [6.45, 7) is 1.40. The molecule has 5 nitrogen and oxygen atoms in total. The van der Waals surface area contributed by atoms with Gasteiger partial charge in [-0.25, -0.2) is 4.39 Å². The Balaban J connectivity index is 1.40. The number of hydrogen-bond acceptors (Lipinski definition) is 2. The van der Waals surface area contributed by atoms with Crippen molar-refractivity contribution in [2.24, 2.45) is 0 Å². The molecule has 6 heteroatoms. The molecule has 1 amide bonds. The van der Waals surface area contributed by atoms with Crippen LogP contribution >= 0.6 is 0 Å². The zero-order chi connectivity index (χ0) is 18.4. The number of hydrogen-bond donors (Lipinski definition) is 2. The number of likely N-dealkylation sites (tertiary alicyclic amines) is 1. The fraction of sp³-hybridized carbons (Fsp3) is 0.238. The average Bonchev–Trinajstić information content (AvgIpc) is 3.31. The molecule has 0 unspecified atom stereocenters. The van der Waals surface area contributed by atoms with E-state index in [-0.39, 0.29) is 17.6 Å². The lowest BCUT2D eigenvalue weighted by molar-refractivity contribution is 0.0701. The molecule has 0 bridgehead atoms. The standard InChI is InChI=1S/C21H19FN4O/c22-15-5-6-16-14(9-15)10-20(24-16)21(27)26-8-2-3-13(12-26)18-11-19-17(25-18)4-1-7-23-19/h1,4-7,9-11,13,24-25H,2-3,8,12H2/t13-/m0/s1. The molecular formula is C21H19FN4O. The topological polar surface area (TPSA) is 64.8 Å². The number of halogens is 1. The molecule has 5 rings (SSSR count). The van der Waals surface area contributed by atoms with Crippen LogP contribution < -0.4 is 0 Å². The van der Waals surface area contributed by atoms with Crippen molar-refractivity contribution < 1.29 is 9.18 Å². The SMILES string of the molecule is O=C(c1cc2cc(F)ccc2[nH]1)N1CCC[C@H](c2cc3ncccc3[nH]2)C1. The normalized spacial score (nSPS) is 17.7. The molecular weight excluding hydrogens is 343 g/mol. The Morgan fingerprint density at radius 1 is 1.15 bits per heavy atom. The molecule has 1 aliphatic heterocycles. The van der Waals surface area contributed by atoms with E-state index in [1.54, 1.807) is 18.3 Å². The number of pyridine rings is 1. The number of aromatic amines is 2. The Kier molecular flexibility index (Phi) is 3.70. The highest BCUT2D eigenvalue weighted by Gasteiger charge is 2.27. The van der Waals surface area contributed by atoms with Gasteiger partial charge >= 0.3 is 0 Å². The van der Waals surface area contributed by atoms with Gasteiger partial charge in [0.05, 0.1) is 11.0 Å². The first-order valence-electron chi connectivity index (χ1n) is 9.18. The van der Waals surface area contributed by atoms with Crippen molar-refractivity contribution in [3.8, 4) is 0 Å². The first-order valence-corrected chi connectivity index (χ1v) is 9.18. The lowest BCUT2D eigenvalue weighted by atomic mass is 9.94. The molecule has 4 heterocycles. The predicted molar refractivity (Wildman–Crippen MR) is 102 cm³/mol. The van der Waals surface area contributed by atoms with Crippen LogP contribution in [-0.2, 0) is 0 Å². The number of amides is 1. The van der Waals surface area contributed by atoms with Gasteiger partial charge in [-0.3, -0.25) is 9.78 Å². The molecule has 0 spiro atoms. The molecule has 27 heavy (non-hydrogen) atoms. The molecule has 1 saturated heterocycles. The number of carbonyl (C=O) groups excluding carboxylic acids is 1. The minimum absolute atomic E-state index is 0.0365.